The van der Waals surface area contributed by atoms with Crippen molar-refractivity contribution in [3.63, 3.8) is 0 Å². The van der Waals surface area contributed by atoms with Gasteiger partial charge in [-0.15, -0.1) is 11.8 Å². The van der Waals surface area contributed by atoms with E-state index in [2.05, 4.69) is 97.9 Å². The Morgan fingerprint density at radius 3 is 2.50 bits per heavy atom. The number of hydrogen-bond acceptors (Lipinski definition) is 5. The second-order valence-electron chi connectivity index (χ2n) is 10.0. The minimum absolute atomic E-state index is 0.490. The molecule has 38 heavy (non-hydrogen) atoms. The van der Waals surface area contributed by atoms with Crippen molar-refractivity contribution in [3.05, 3.63) is 129 Å². The van der Waals surface area contributed by atoms with Crippen molar-refractivity contribution in [1.82, 2.24) is 9.88 Å². The maximum absolute atomic E-state index is 6.50. The highest BCUT2D eigenvalue weighted by molar-refractivity contribution is 8.04. The molecule has 0 N–H and O–H groups in total. The quantitative estimate of drug-likeness (QED) is 0.303. The molecule has 0 bridgehead atoms. The van der Waals surface area contributed by atoms with Crippen LogP contribution in [0.25, 0.3) is 0 Å². The summed E-state index contributed by atoms with van der Waals surface area (Å²) in [5.41, 5.74) is 8.68. The van der Waals surface area contributed by atoms with Gasteiger partial charge >= 0.3 is 0 Å². The van der Waals surface area contributed by atoms with E-state index in [-0.39, 0.29) is 0 Å². The lowest BCUT2D eigenvalue weighted by Gasteiger charge is -2.34. The molecule has 2 aromatic carbocycles. The van der Waals surface area contributed by atoms with E-state index in [0.29, 0.717) is 11.9 Å². The third-order valence-corrected chi connectivity index (χ3v) is 8.35. The number of pyridine rings is 1. The van der Waals surface area contributed by atoms with Crippen LogP contribution in [0.3, 0.4) is 0 Å². The average Bonchev–Trinajstić information content (AvgIpc) is 3.34. The van der Waals surface area contributed by atoms with Crippen LogP contribution in [0.15, 0.2) is 107 Å². The summed E-state index contributed by atoms with van der Waals surface area (Å²) < 4.78 is 6.50. The first kappa shape index (κ1) is 26.1. The number of benzene rings is 2. The summed E-state index contributed by atoms with van der Waals surface area (Å²) in [6.07, 6.45) is 8.03. The predicted octanol–water partition coefficient (Wildman–Crippen LogP) is 7.78. The largest absolute Gasteiger partial charge is 0.488 e. The van der Waals surface area contributed by atoms with E-state index in [9.17, 15) is 0 Å². The zero-order chi connectivity index (χ0) is 26.6. The molecule has 3 aromatic rings. The molecule has 0 radical (unpaired) electrons. The number of allylic oxidation sites excluding steroid dienone is 3. The summed E-state index contributed by atoms with van der Waals surface area (Å²) in [7, 11) is 0. The fraction of sp³-hybridized carbons (Fsp3) is 0.273. The summed E-state index contributed by atoms with van der Waals surface area (Å²) in [5, 5.41) is 0.573. The van der Waals surface area contributed by atoms with E-state index < -0.39 is 0 Å². The molecular formula is C33H35N3OS. The lowest BCUT2D eigenvalue weighted by atomic mass is 10.0. The fourth-order valence-corrected chi connectivity index (χ4v) is 6.17. The van der Waals surface area contributed by atoms with Gasteiger partial charge in [-0.2, -0.15) is 0 Å². The number of rotatable bonds is 8. The molecule has 0 unspecified atom stereocenters. The summed E-state index contributed by atoms with van der Waals surface area (Å²) in [6, 6.07) is 18.9. The molecule has 1 atom stereocenters. The Kier molecular flexibility index (Phi) is 7.85. The monoisotopic (exact) mass is 521 g/mol. The van der Waals surface area contributed by atoms with Crippen LogP contribution >= 0.6 is 11.8 Å². The summed E-state index contributed by atoms with van der Waals surface area (Å²) in [6.45, 7) is 14.4. The molecule has 5 heteroatoms. The molecule has 3 heterocycles. The molecule has 0 fully saturated rings. The van der Waals surface area contributed by atoms with Crippen molar-refractivity contribution in [2.75, 3.05) is 6.54 Å². The number of aryl methyl sites for hydroxylation is 2. The lowest BCUT2D eigenvalue weighted by Crippen LogP contribution is -2.36. The van der Waals surface area contributed by atoms with Crippen LogP contribution in [0.4, 0.5) is 0 Å². The Morgan fingerprint density at radius 1 is 1.00 bits per heavy atom. The number of aliphatic imine (C=N–C) groups is 1. The van der Waals surface area contributed by atoms with E-state index in [1.54, 1.807) is 0 Å². The van der Waals surface area contributed by atoms with Crippen molar-refractivity contribution in [1.29, 1.82) is 0 Å². The summed E-state index contributed by atoms with van der Waals surface area (Å²) in [4.78, 5) is 13.3. The minimum Gasteiger partial charge on any atom is -0.488 e. The van der Waals surface area contributed by atoms with Crippen molar-refractivity contribution in [3.8, 4) is 5.75 Å². The molecule has 0 spiro atoms. The van der Waals surface area contributed by atoms with Crippen molar-refractivity contribution >= 4 is 17.6 Å². The van der Waals surface area contributed by atoms with Gasteiger partial charge in [0.1, 0.15) is 18.2 Å². The maximum Gasteiger partial charge on any atom is 0.145 e. The van der Waals surface area contributed by atoms with Crippen molar-refractivity contribution in [2.45, 2.75) is 52.4 Å². The van der Waals surface area contributed by atoms with E-state index in [0.717, 1.165) is 59.1 Å². The molecule has 0 saturated carbocycles. The first-order valence-corrected chi connectivity index (χ1v) is 14.1. The zero-order valence-corrected chi connectivity index (χ0v) is 23.5. The van der Waals surface area contributed by atoms with E-state index in [4.69, 9.17) is 9.73 Å². The van der Waals surface area contributed by atoms with Gasteiger partial charge in [-0.25, -0.2) is 4.99 Å². The number of aromatic nitrogens is 1. The van der Waals surface area contributed by atoms with E-state index >= 15 is 0 Å². The highest BCUT2D eigenvalue weighted by atomic mass is 32.2. The molecule has 0 aliphatic carbocycles. The van der Waals surface area contributed by atoms with Gasteiger partial charge in [0.05, 0.1) is 11.3 Å². The molecule has 0 amide bonds. The van der Waals surface area contributed by atoms with Gasteiger partial charge in [-0.05, 0) is 50.3 Å². The first-order chi connectivity index (χ1) is 18.4. The van der Waals surface area contributed by atoms with Gasteiger partial charge in [0, 0.05) is 45.9 Å². The normalized spacial score (nSPS) is 17.5. The van der Waals surface area contributed by atoms with Crippen LogP contribution in [0, 0.1) is 13.8 Å². The van der Waals surface area contributed by atoms with Crippen LogP contribution in [0.1, 0.15) is 48.1 Å². The number of nitrogens with zero attached hydrogens (tertiary/aromatic N) is 3. The fourth-order valence-electron chi connectivity index (χ4n) is 4.97. The van der Waals surface area contributed by atoms with Crippen LogP contribution < -0.4 is 4.74 Å². The number of hydrogen-bond donors (Lipinski definition) is 0. The Hall–Kier alpha value is -3.57. The van der Waals surface area contributed by atoms with Gasteiger partial charge in [-0.3, -0.25) is 4.98 Å². The molecule has 1 aromatic heterocycles. The molecule has 2 aliphatic rings. The van der Waals surface area contributed by atoms with E-state index in [1.807, 2.05) is 31.1 Å². The summed E-state index contributed by atoms with van der Waals surface area (Å²) >= 11 is 1.92. The maximum atomic E-state index is 6.50. The molecule has 0 saturated heterocycles. The topological polar surface area (TPSA) is 37.7 Å². The third kappa shape index (κ3) is 5.48. The SMILES string of the molecule is C=C1C(C2=CC[C@H](C)S2)=C(C)N=C(c2cncc(C)c2OCc2ccccc2C)N1CCc1ccccc1. The number of ether oxygens (including phenoxy) is 1. The Morgan fingerprint density at radius 2 is 1.76 bits per heavy atom. The second-order valence-corrected chi connectivity index (χ2v) is 11.5. The van der Waals surface area contributed by atoms with Crippen LogP contribution in [-0.4, -0.2) is 27.5 Å². The van der Waals surface area contributed by atoms with Crippen molar-refractivity contribution in [2.24, 2.45) is 4.99 Å². The Labute approximate surface area is 230 Å². The number of thioether (sulfide) groups is 1. The predicted molar refractivity (Wildman–Crippen MR) is 159 cm³/mol. The second kappa shape index (κ2) is 11.4. The third-order valence-electron chi connectivity index (χ3n) is 7.13. The highest BCUT2D eigenvalue weighted by Gasteiger charge is 2.31. The van der Waals surface area contributed by atoms with Crippen molar-refractivity contribution < 1.29 is 4.74 Å². The molecule has 194 valence electrons. The lowest BCUT2D eigenvalue weighted by molar-refractivity contribution is 0.301. The molecule has 4 nitrogen and oxygen atoms in total. The average molecular weight is 522 g/mol. The van der Waals surface area contributed by atoms with Crippen LogP contribution in [0.5, 0.6) is 5.75 Å². The van der Waals surface area contributed by atoms with Gasteiger partial charge in [0.2, 0.25) is 0 Å². The van der Waals surface area contributed by atoms with Crippen LogP contribution in [-0.2, 0) is 13.0 Å². The number of amidine groups is 1. The molecule has 5 rings (SSSR count). The molecule has 2 aliphatic heterocycles. The highest BCUT2D eigenvalue weighted by Crippen LogP contribution is 2.43. The first-order valence-electron chi connectivity index (χ1n) is 13.2. The smallest absolute Gasteiger partial charge is 0.145 e. The van der Waals surface area contributed by atoms with Gasteiger partial charge in [0.25, 0.3) is 0 Å². The Bertz CT molecular complexity index is 1440. The van der Waals surface area contributed by atoms with Gasteiger partial charge in [0.15, 0.2) is 0 Å². The zero-order valence-electron chi connectivity index (χ0n) is 22.7. The van der Waals surface area contributed by atoms with Gasteiger partial charge < -0.3 is 9.64 Å². The standard InChI is InChI=1S/C33H35N3OS/c1-22-11-9-10-14-28(22)21-37-32-23(2)19-34-20-29(32)33-35-25(4)31(30-16-15-24(3)38-30)26(5)36(33)18-17-27-12-7-6-8-13-27/h6-14,16,19-20,24H,5,15,17-18,21H2,1-4H3/t24-/m0/s1. The van der Waals surface area contributed by atoms with Gasteiger partial charge in [-0.1, -0.05) is 74.2 Å². The van der Waals surface area contributed by atoms with E-state index in [1.165, 1.54) is 21.6 Å². The Balaban J connectivity index is 1.54. The minimum atomic E-state index is 0.490. The van der Waals surface area contributed by atoms with Crippen LogP contribution in [0.2, 0.25) is 0 Å². The molecular weight excluding hydrogens is 486 g/mol. The summed E-state index contributed by atoms with van der Waals surface area (Å²) in [5.74, 6) is 1.67.